The van der Waals surface area contributed by atoms with E-state index in [1.807, 2.05) is 24.3 Å². The third-order valence-electron chi connectivity index (χ3n) is 2.86. The van der Waals surface area contributed by atoms with E-state index in [1.54, 1.807) is 0 Å². The van der Waals surface area contributed by atoms with Gasteiger partial charge >= 0.3 is 0 Å². The molecule has 0 radical (unpaired) electrons. The second-order valence-corrected chi connectivity index (χ2v) is 3.66. The number of Topliss-reactive ketones (excluding diaryl/α,β-unsaturated/α-hetero) is 1. The molecule has 1 aliphatic carbocycles. The minimum atomic E-state index is 0.00801. The van der Waals surface area contributed by atoms with Crippen LogP contribution < -0.4 is 5.43 Å². The molecule has 1 aliphatic heterocycles. The summed E-state index contributed by atoms with van der Waals surface area (Å²) in [5, 5.41) is 4.23. The summed E-state index contributed by atoms with van der Waals surface area (Å²) >= 11 is 0. The van der Waals surface area contributed by atoms with E-state index in [0.29, 0.717) is 0 Å². The second-order valence-electron chi connectivity index (χ2n) is 3.66. The Balaban J connectivity index is 2.23. The maximum Gasteiger partial charge on any atom is 0.172 e. The molecular weight excluding hydrogens is 176 g/mol. The first kappa shape index (κ1) is 7.74. The summed E-state index contributed by atoms with van der Waals surface area (Å²) in [4.78, 5) is 11.9. The number of rotatable bonds is 0. The zero-order chi connectivity index (χ0) is 9.54. The molecule has 0 bridgehead atoms. The first-order chi connectivity index (χ1) is 6.88. The Bertz CT molecular complexity index is 437. The summed E-state index contributed by atoms with van der Waals surface area (Å²) in [6, 6.07) is 7.71. The van der Waals surface area contributed by atoms with Gasteiger partial charge in [-0.3, -0.25) is 4.79 Å². The molecule has 0 amide bonds. The van der Waals surface area contributed by atoms with E-state index in [2.05, 4.69) is 10.5 Å². The molecule has 1 heterocycles. The highest BCUT2D eigenvalue weighted by Gasteiger charge is 2.37. The fraction of sp³-hybridized carbons (Fsp3) is 0.273. The summed E-state index contributed by atoms with van der Waals surface area (Å²) in [6.07, 6.45) is 0.867. The topological polar surface area (TPSA) is 41.5 Å². The molecule has 1 N–H and O–H groups in total. The van der Waals surface area contributed by atoms with Crippen molar-refractivity contribution < 1.29 is 4.79 Å². The van der Waals surface area contributed by atoms with Gasteiger partial charge < -0.3 is 5.43 Å². The third-order valence-corrected chi connectivity index (χ3v) is 2.86. The Labute approximate surface area is 81.8 Å². The predicted octanol–water partition coefficient (Wildman–Crippen LogP) is 1.20. The van der Waals surface area contributed by atoms with Gasteiger partial charge in [0.05, 0.1) is 11.6 Å². The number of hydrazone groups is 1. The van der Waals surface area contributed by atoms with Crippen molar-refractivity contribution in [1.29, 1.82) is 0 Å². The van der Waals surface area contributed by atoms with Crippen LogP contribution in [0.25, 0.3) is 0 Å². The van der Waals surface area contributed by atoms with Gasteiger partial charge in [-0.05, 0) is 6.42 Å². The molecule has 1 aromatic carbocycles. The van der Waals surface area contributed by atoms with Gasteiger partial charge in [-0.15, -0.1) is 0 Å². The molecule has 14 heavy (non-hydrogen) atoms. The molecule has 1 aromatic rings. The molecule has 70 valence electrons. The molecule has 0 saturated carbocycles. The summed E-state index contributed by atoms with van der Waals surface area (Å²) in [5.41, 5.74) is 5.72. The van der Waals surface area contributed by atoms with Gasteiger partial charge in [-0.1, -0.05) is 24.3 Å². The van der Waals surface area contributed by atoms with Crippen molar-refractivity contribution in [3.05, 3.63) is 35.4 Å². The van der Waals surface area contributed by atoms with Crippen LogP contribution in [0.15, 0.2) is 29.4 Å². The largest absolute Gasteiger partial charge is 0.310 e. The summed E-state index contributed by atoms with van der Waals surface area (Å²) in [5.74, 6) is 0.245. The second kappa shape index (κ2) is 2.67. The van der Waals surface area contributed by atoms with E-state index >= 15 is 0 Å². The molecule has 0 spiro atoms. The third kappa shape index (κ3) is 0.867. The van der Waals surface area contributed by atoms with Gasteiger partial charge in [0.25, 0.3) is 0 Å². The molecule has 0 aromatic heterocycles. The maximum absolute atomic E-state index is 11.9. The monoisotopic (exact) mass is 186 g/mol. The number of hydrogen-bond donors (Lipinski definition) is 1. The van der Waals surface area contributed by atoms with Gasteiger partial charge in [0.15, 0.2) is 5.78 Å². The summed E-state index contributed by atoms with van der Waals surface area (Å²) < 4.78 is 0. The highest BCUT2D eigenvalue weighted by atomic mass is 16.1. The molecular formula is C11H10N2O. The van der Waals surface area contributed by atoms with Crippen molar-refractivity contribution in [1.82, 2.24) is 5.43 Å². The number of benzene rings is 1. The maximum atomic E-state index is 11.9. The van der Waals surface area contributed by atoms with Gasteiger partial charge in [0, 0.05) is 17.7 Å². The van der Waals surface area contributed by atoms with Gasteiger partial charge in [0.1, 0.15) is 0 Å². The molecule has 2 aliphatic rings. The van der Waals surface area contributed by atoms with Gasteiger partial charge in [0.2, 0.25) is 0 Å². The number of ketones is 1. The first-order valence-electron chi connectivity index (χ1n) is 4.82. The smallest absolute Gasteiger partial charge is 0.172 e. The van der Waals surface area contributed by atoms with Gasteiger partial charge in [-0.2, -0.15) is 5.10 Å². The highest BCUT2D eigenvalue weighted by Crippen LogP contribution is 2.30. The number of nitrogens with one attached hydrogen (secondary N) is 1. The lowest BCUT2D eigenvalue weighted by atomic mass is 9.98. The summed E-state index contributed by atoms with van der Waals surface area (Å²) in [6.45, 7) is 0.799. The lowest BCUT2D eigenvalue weighted by Gasteiger charge is -2.15. The zero-order valence-corrected chi connectivity index (χ0v) is 7.66. The van der Waals surface area contributed by atoms with Crippen LogP contribution in [0.4, 0.5) is 0 Å². The predicted molar refractivity (Wildman–Crippen MR) is 53.4 cm³/mol. The van der Waals surface area contributed by atoms with Crippen LogP contribution in [0.5, 0.6) is 0 Å². The number of nitrogens with zero attached hydrogens (tertiary/aromatic N) is 1. The lowest BCUT2D eigenvalue weighted by molar-refractivity contribution is 0.0955. The minimum absolute atomic E-state index is 0.00801. The molecule has 3 nitrogen and oxygen atoms in total. The average Bonchev–Trinajstić information content (AvgIpc) is 2.55. The van der Waals surface area contributed by atoms with Crippen LogP contribution in [0, 0.1) is 5.92 Å². The van der Waals surface area contributed by atoms with E-state index in [0.717, 1.165) is 29.8 Å². The van der Waals surface area contributed by atoms with Crippen molar-refractivity contribution in [3.8, 4) is 0 Å². The standard InChI is InChI=1S/C11H10N2O/c14-11-8-4-2-1-3-7(8)10-9(11)5-6-12-13-10/h1-4,9,12H,5-6H2. The van der Waals surface area contributed by atoms with Crippen LogP contribution in [0.3, 0.4) is 0 Å². The number of carbonyl (C=O) groups excluding carboxylic acids is 1. The Morgan fingerprint density at radius 3 is 2.93 bits per heavy atom. The SMILES string of the molecule is O=C1c2ccccc2C2=NNCCC12. The lowest BCUT2D eigenvalue weighted by Crippen LogP contribution is -2.28. The van der Waals surface area contributed by atoms with Crippen LogP contribution in [0.2, 0.25) is 0 Å². The first-order valence-corrected chi connectivity index (χ1v) is 4.82. The number of fused-ring (bicyclic) bond motifs is 3. The van der Waals surface area contributed by atoms with Crippen LogP contribution >= 0.6 is 0 Å². The van der Waals surface area contributed by atoms with Crippen molar-refractivity contribution in [2.24, 2.45) is 11.0 Å². The Hall–Kier alpha value is -1.64. The van der Waals surface area contributed by atoms with Crippen LogP contribution in [-0.4, -0.2) is 18.0 Å². The number of carbonyl (C=O) groups is 1. The van der Waals surface area contributed by atoms with Crippen molar-refractivity contribution in [2.75, 3.05) is 6.54 Å². The van der Waals surface area contributed by atoms with Crippen LogP contribution in [-0.2, 0) is 0 Å². The van der Waals surface area contributed by atoms with E-state index in [4.69, 9.17) is 0 Å². The molecule has 0 fully saturated rings. The van der Waals surface area contributed by atoms with E-state index in [-0.39, 0.29) is 11.7 Å². The Morgan fingerprint density at radius 2 is 2.07 bits per heavy atom. The normalized spacial score (nSPS) is 23.6. The number of hydrogen-bond acceptors (Lipinski definition) is 3. The molecule has 3 heteroatoms. The minimum Gasteiger partial charge on any atom is -0.310 e. The summed E-state index contributed by atoms with van der Waals surface area (Å²) in [7, 11) is 0. The van der Waals surface area contributed by atoms with Gasteiger partial charge in [-0.25, -0.2) is 0 Å². The van der Waals surface area contributed by atoms with Crippen molar-refractivity contribution in [2.45, 2.75) is 6.42 Å². The van der Waals surface area contributed by atoms with Crippen molar-refractivity contribution >= 4 is 11.5 Å². The van der Waals surface area contributed by atoms with Crippen molar-refractivity contribution in [3.63, 3.8) is 0 Å². The molecule has 3 rings (SSSR count). The Kier molecular flexibility index (Phi) is 1.48. The molecule has 1 atom stereocenters. The van der Waals surface area contributed by atoms with E-state index in [9.17, 15) is 4.79 Å². The highest BCUT2D eigenvalue weighted by molar-refractivity contribution is 6.28. The molecule has 0 saturated heterocycles. The zero-order valence-electron chi connectivity index (χ0n) is 7.66. The fourth-order valence-corrected chi connectivity index (χ4v) is 2.18. The average molecular weight is 186 g/mol. The van der Waals surface area contributed by atoms with E-state index < -0.39 is 0 Å². The van der Waals surface area contributed by atoms with E-state index in [1.165, 1.54) is 0 Å². The fourth-order valence-electron chi connectivity index (χ4n) is 2.18. The molecule has 1 unspecified atom stereocenters. The quantitative estimate of drug-likeness (QED) is 0.661. The Morgan fingerprint density at radius 1 is 1.29 bits per heavy atom. The van der Waals surface area contributed by atoms with Crippen LogP contribution in [0.1, 0.15) is 22.3 Å².